The molecular weight excluding hydrogens is 354 g/mol. The molecule has 28 heavy (non-hydrogen) atoms. The van der Waals surface area contributed by atoms with Crippen LogP contribution >= 0.6 is 0 Å². The SMILES string of the molecule is CC(C)c1c(F)cc([C@@H]2c3ccc(O)cc3CC[C@@H]2c2ccccc2)cc1F. The van der Waals surface area contributed by atoms with E-state index >= 15 is 0 Å². The van der Waals surface area contributed by atoms with Crippen molar-refractivity contribution < 1.29 is 13.9 Å². The number of aromatic hydroxyl groups is 1. The fraction of sp³-hybridized carbons (Fsp3) is 0.280. The number of benzene rings is 3. The second-order valence-corrected chi connectivity index (χ2v) is 7.97. The highest BCUT2D eigenvalue weighted by Crippen LogP contribution is 2.47. The fourth-order valence-electron chi connectivity index (χ4n) is 4.61. The molecule has 144 valence electrons. The summed E-state index contributed by atoms with van der Waals surface area (Å²) in [4.78, 5) is 0. The van der Waals surface area contributed by atoms with E-state index in [0.717, 1.165) is 24.0 Å². The molecule has 2 atom stereocenters. The van der Waals surface area contributed by atoms with Gasteiger partial charge in [0.2, 0.25) is 0 Å². The number of fused-ring (bicyclic) bond motifs is 1. The van der Waals surface area contributed by atoms with Crippen LogP contribution in [0.15, 0.2) is 60.7 Å². The van der Waals surface area contributed by atoms with Gasteiger partial charge in [-0.05, 0) is 71.2 Å². The van der Waals surface area contributed by atoms with Crippen molar-refractivity contribution in [3.05, 3.63) is 100 Å². The van der Waals surface area contributed by atoms with Crippen LogP contribution in [0, 0.1) is 11.6 Å². The summed E-state index contributed by atoms with van der Waals surface area (Å²) in [7, 11) is 0. The van der Waals surface area contributed by atoms with E-state index in [2.05, 4.69) is 12.1 Å². The Morgan fingerprint density at radius 2 is 1.57 bits per heavy atom. The molecule has 1 aliphatic carbocycles. The smallest absolute Gasteiger partial charge is 0.129 e. The zero-order valence-electron chi connectivity index (χ0n) is 16.1. The van der Waals surface area contributed by atoms with E-state index < -0.39 is 11.6 Å². The van der Waals surface area contributed by atoms with Crippen molar-refractivity contribution >= 4 is 0 Å². The molecular formula is C25H24F2O. The number of hydrogen-bond acceptors (Lipinski definition) is 1. The quantitative estimate of drug-likeness (QED) is 0.540. The summed E-state index contributed by atoms with van der Waals surface area (Å²) in [5.74, 6) is -0.984. The number of phenolic OH excluding ortho intramolecular Hbond substituents is 1. The topological polar surface area (TPSA) is 20.2 Å². The van der Waals surface area contributed by atoms with Gasteiger partial charge in [0, 0.05) is 11.5 Å². The molecule has 0 bridgehead atoms. The van der Waals surface area contributed by atoms with E-state index in [-0.39, 0.29) is 29.1 Å². The Balaban J connectivity index is 1.89. The molecule has 0 aromatic heterocycles. The van der Waals surface area contributed by atoms with Crippen molar-refractivity contribution in [3.8, 4) is 5.75 Å². The number of phenols is 1. The van der Waals surface area contributed by atoms with Gasteiger partial charge >= 0.3 is 0 Å². The number of hydrogen-bond donors (Lipinski definition) is 1. The minimum Gasteiger partial charge on any atom is -0.508 e. The average molecular weight is 378 g/mol. The monoisotopic (exact) mass is 378 g/mol. The van der Waals surface area contributed by atoms with Crippen LogP contribution in [0.25, 0.3) is 0 Å². The van der Waals surface area contributed by atoms with Gasteiger partial charge in [-0.1, -0.05) is 50.2 Å². The highest BCUT2D eigenvalue weighted by atomic mass is 19.1. The third-order valence-electron chi connectivity index (χ3n) is 5.85. The average Bonchev–Trinajstić information content (AvgIpc) is 2.66. The molecule has 4 rings (SSSR count). The molecule has 3 heteroatoms. The van der Waals surface area contributed by atoms with Gasteiger partial charge in [0.25, 0.3) is 0 Å². The first-order chi connectivity index (χ1) is 13.5. The van der Waals surface area contributed by atoms with Crippen LogP contribution in [0.5, 0.6) is 5.75 Å². The Labute approximate surface area is 164 Å². The highest BCUT2D eigenvalue weighted by Gasteiger charge is 2.33. The van der Waals surface area contributed by atoms with E-state index in [0.29, 0.717) is 5.56 Å². The molecule has 1 N–H and O–H groups in total. The Morgan fingerprint density at radius 3 is 2.21 bits per heavy atom. The zero-order valence-corrected chi connectivity index (χ0v) is 16.1. The molecule has 0 heterocycles. The van der Waals surface area contributed by atoms with E-state index in [4.69, 9.17) is 0 Å². The Morgan fingerprint density at radius 1 is 0.893 bits per heavy atom. The maximum Gasteiger partial charge on any atom is 0.129 e. The van der Waals surface area contributed by atoms with E-state index in [1.165, 1.54) is 17.7 Å². The molecule has 0 spiro atoms. The molecule has 0 saturated carbocycles. The predicted octanol–water partition coefficient (Wildman–Crippen LogP) is 6.66. The van der Waals surface area contributed by atoms with Crippen molar-refractivity contribution in [1.82, 2.24) is 0 Å². The van der Waals surface area contributed by atoms with Crippen LogP contribution in [0.1, 0.15) is 65.8 Å². The van der Waals surface area contributed by atoms with Crippen molar-refractivity contribution in [2.24, 2.45) is 0 Å². The molecule has 1 nitrogen and oxygen atoms in total. The molecule has 3 aromatic rings. The molecule has 0 saturated heterocycles. The van der Waals surface area contributed by atoms with Crippen molar-refractivity contribution in [2.45, 2.75) is 44.4 Å². The summed E-state index contributed by atoms with van der Waals surface area (Å²) < 4.78 is 29.6. The van der Waals surface area contributed by atoms with Crippen LogP contribution in [0.3, 0.4) is 0 Å². The van der Waals surface area contributed by atoms with E-state index in [9.17, 15) is 13.9 Å². The van der Waals surface area contributed by atoms with E-state index in [1.807, 2.05) is 24.3 Å². The molecule has 0 aliphatic heterocycles. The van der Waals surface area contributed by atoms with Crippen molar-refractivity contribution in [1.29, 1.82) is 0 Å². The molecule has 3 aromatic carbocycles. The molecule has 0 fully saturated rings. The van der Waals surface area contributed by atoms with Crippen LogP contribution in [-0.4, -0.2) is 5.11 Å². The van der Waals surface area contributed by atoms with Crippen LogP contribution in [0.2, 0.25) is 0 Å². The van der Waals surface area contributed by atoms with E-state index in [1.54, 1.807) is 26.0 Å². The third kappa shape index (κ3) is 3.30. The third-order valence-corrected chi connectivity index (χ3v) is 5.85. The predicted molar refractivity (Wildman–Crippen MR) is 108 cm³/mol. The van der Waals surface area contributed by atoms with Gasteiger partial charge in [0.1, 0.15) is 17.4 Å². The van der Waals surface area contributed by atoms with Gasteiger partial charge in [-0.2, -0.15) is 0 Å². The summed E-state index contributed by atoms with van der Waals surface area (Å²) in [6.07, 6.45) is 1.69. The van der Waals surface area contributed by atoms with Gasteiger partial charge in [-0.25, -0.2) is 8.78 Å². The summed E-state index contributed by atoms with van der Waals surface area (Å²) in [5, 5.41) is 9.89. The Hall–Kier alpha value is -2.68. The van der Waals surface area contributed by atoms with Gasteiger partial charge in [0.05, 0.1) is 0 Å². The minimum atomic E-state index is -0.484. The molecule has 0 radical (unpaired) electrons. The molecule has 0 amide bonds. The maximum absolute atomic E-state index is 14.8. The molecule has 0 unspecified atom stereocenters. The van der Waals surface area contributed by atoms with Crippen LogP contribution in [-0.2, 0) is 6.42 Å². The zero-order chi connectivity index (χ0) is 19.8. The van der Waals surface area contributed by atoms with Crippen molar-refractivity contribution in [3.63, 3.8) is 0 Å². The Kier molecular flexibility index (Phi) is 4.92. The lowest BCUT2D eigenvalue weighted by Gasteiger charge is -2.35. The van der Waals surface area contributed by atoms with Crippen molar-refractivity contribution in [2.75, 3.05) is 0 Å². The standard InChI is InChI=1S/C25H24F2O/c1-15(2)24-22(26)13-18(14-23(24)27)25-20(16-6-4-3-5-7-16)10-8-17-12-19(28)9-11-21(17)25/h3-7,9,11-15,20,25,28H,8,10H2,1-2H3/t20-,25+/m1/s1. The molecule has 1 aliphatic rings. The van der Waals surface area contributed by atoms with Crippen LogP contribution < -0.4 is 0 Å². The number of halogens is 2. The largest absolute Gasteiger partial charge is 0.508 e. The number of aryl methyl sites for hydroxylation is 1. The van der Waals surface area contributed by atoms with Gasteiger partial charge < -0.3 is 5.11 Å². The lowest BCUT2D eigenvalue weighted by atomic mass is 9.69. The van der Waals surface area contributed by atoms with Gasteiger partial charge in [-0.15, -0.1) is 0 Å². The summed E-state index contributed by atoms with van der Waals surface area (Å²) in [6, 6.07) is 18.5. The first-order valence-electron chi connectivity index (χ1n) is 9.81. The fourth-order valence-corrected chi connectivity index (χ4v) is 4.61. The van der Waals surface area contributed by atoms with Crippen LogP contribution in [0.4, 0.5) is 8.78 Å². The first kappa shape index (κ1) is 18.7. The summed E-state index contributed by atoms with van der Waals surface area (Å²) in [5.41, 5.74) is 4.04. The normalized spacial score (nSPS) is 18.9. The highest BCUT2D eigenvalue weighted by molar-refractivity contribution is 5.48. The van der Waals surface area contributed by atoms with Gasteiger partial charge in [0.15, 0.2) is 0 Å². The minimum absolute atomic E-state index is 0.127. The number of rotatable bonds is 3. The lowest BCUT2D eigenvalue weighted by Crippen LogP contribution is -2.21. The van der Waals surface area contributed by atoms with Gasteiger partial charge in [-0.3, -0.25) is 0 Å². The first-order valence-corrected chi connectivity index (χ1v) is 9.81. The summed E-state index contributed by atoms with van der Waals surface area (Å²) >= 11 is 0. The second kappa shape index (κ2) is 7.38. The maximum atomic E-state index is 14.8. The lowest BCUT2D eigenvalue weighted by molar-refractivity contribution is 0.468. The Bertz CT molecular complexity index is 972. The second-order valence-electron chi connectivity index (χ2n) is 7.97. The summed E-state index contributed by atoms with van der Waals surface area (Å²) in [6.45, 7) is 3.60.